The topological polar surface area (TPSA) is 78.0 Å². The van der Waals surface area contributed by atoms with E-state index in [2.05, 4.69) is 39.7 Å². The first-order valence-corrected chi connectivity index (χ1v) is 9.38. The van der Waals surface area contributed by atoms with E-state index in [4.69, 9.17) is 4.74 Å². The molecule has 0 aromatic heterocycles. The summed E-state index contributed by atoms with van der Waals surface area (Å²) in [5, 5.41) is 9.36. The van der Waals surface area contributed by atoms with Crippen LogP contribution in [0.3, 0.4) is 0 Å². The van der Waals surface area contributed by atoms with E-state index < -0.39 is 11.7 Å². The molecular weight excluding hydrogens is 445 g/mol. The van der Waals surface area contributed by atoms with E-state index >= 15 is 0 Å². The van der Waals surface area contributed by atoms with Crippen LogP contribution >= 0.6 is 24.0 Å². The molecule has 1 heterocycles. The van der Waals surface area contributed by atoms with Crippen molar-refractivity contribution in [1.82, 2.24) is 20.9 Å². The van der Waals surface area contributed by atoms with Gasteiger partial charge in [0.15, 0.2) is 5.96 Å². The number of amides is 1. The molecule has 0 aliphatic carbocycles. The number of hydrogen-bond acceptors (Lipinski definition) is 4. The van der Waals surface area contributed by atoms with E-state index in [0.29, 0.717) is 25.0 Å². The first-order chi connectivity index (χ1) is 11.7. The summed E-state index contributed by atoms with van der Waals surface area (Å²) in [6, 6.07) is 0.515. The molecule has 0 radical (unpaired) electrons. The van der Waals surface area contributed by atoms with E-state index in [9.17, 15) is 4.79 Å². The van der Waals surface area contributed by atoms with Crippen molar-refractivity contribution in [3.05, 3.63) is 0 Å². The van der Waals surface area contributed by atoms with E-state index in [1.54, 1.807) is 7.05 Å². The lowest BCUT2D eigenvalue weighted by atomic mass is 10.0. The summed E-state index contributed by atoms with van der Waals surface area (Å²) in [7, 11) is 1.76. The molecular formula is C18H38IN5O2. The highest BCUT2D eigenvalue weighted by Crippen LogP contribution is 2.17. The summed E-state index contributed by atoms with van der Waals surface area (Å²) in [6.45, 7) is 14.4. The molecule has 0 saturated carbocycles. The van der Waals surface area contributed by atoms with Crippen LogP contribution in [0.1, 0.15) is 47.5 Å². The van der Waals surface area contributed by atoms with Crippen LogP contribution in [-0.4, -0.2) is 68.4 Å². The second-order valence-corrected chi connectivity index (χ2v) is 7.86. The van der Waals surface area contributed by atoms with E-state index in [-0.39, 0.29) is 24.0 Å². The third kappa shape index (κ3) is 10.4. The van der Waals surface area contributed by atoms with Crippen molar-refractivity contribution in [3.63, 3.8) is 0 Å². The molecule has 0 aromatic rings. The van der Waals surface area contributed by atoms with Crippen LogP contribution in [0.25, 0.3) is 0 Å². The van der Waals surface area contributed by atoms with Crippen molar-refractivity contribution in [1.29, 1.82) is 0 Å². The molecule has 1 saturated heterocycles. The van der Waals surface area contributed by atoms with Gasteiger partial charge in [-0.1, -0.05) is 13.8 Å². The Labute approximate surface area is 176 Å². The average Bonchev–Trinajstić information content (AvgIpc) is 3.01. The molecule has 1 atom stereocenters. The Bertz CT molecular complexity index is 432. The number of hydrogen-bond donors (Lipinski definition) is 3. The lowest BCUT2D eigenvalue weighted by Gasteiger charge is -2.31. The van der Waals surface area contributed by atoms with Gasteiger partial charge in [0, 0.05) is 32.7 Å². The van der Waals surface area contributed by atoms with Gasteiger partial charge in [0.25, 0.3) is 0 Å². The third-order valence-electron chi connectivity index (χ3n) is 4.17. The van der Waals surface area contributed by atoms with Crippen molar-refractivity contribution < 1.29 is 9.53 Å². The number of nitrogens with one attached hydrogen (secondary N) is 3. The number of likely N-dealkylation sites (tertiary alicyclic amines) is 1. The van der Waals surface area contributed by atoms with Crippen molar-refractivity contribution >= 4 is 36.0 Å². The standard InChI is InChI=1S/C18H37N5O2.HI/c1-14(2)15(23-11-7-8-12-23)13-22-16(19-6)20-9-10-21-17(24)25-18(3,4)5;/h14-15H,7-13H2,1-6H3,(H,21,24)(H2,19,20,22);1H. The van der Waals surface area contributed by atoms with Crippen molar-refractivity contribution in [2.45, 2.75) is 59.1 Å². The minimum Gasteiger partial charge on any atom is -0.444 e. The Kier molecular flexibility index (Phi) is 12.2. The molecule has 26 heavy (non-hydrogen) atoms. The maximum absolute atomic E-state index is 11.6. The van der Waals surface area contributed by atoms with Gasteiger partial charge in [-0.15, -0.1) is 24.0 Å². The van der Waals surface area contributed by atoms with Crippen LogP contribution in [-0.2, 0) is 4.74 Å². The lowest BCUT2D eigenvalue weighted by molar-refractivity contribution is 0.0529. The number of carbonyl (C=O) groups is 1. The summed E-state index contributed by atoms with van der Waals surface area (Å²) in [5.74, 6) is 1.35. The Morgan fingerprint density at radius 1 is 1.12 bits per heavy atom. The van der Waals surface area contributed by atoms with Gasteiger partial charge < -0.3 is 20.7 Å². The summed E-state index contributed by atoms with van der Waals surface area (Å²) in [6.07, 6.45) is 2.20. The zero-order valence-electron chi connectivity index (χ0n) is 17.2. The molecule has 8 heteroatoms. The van der Waals surface area contributed by atoms with Gasteiger partial charge in [-0.25, -0.2) is 4.79 Å². The highest BCUT2D eigenvalue weighted by atomic mass is 127. The zero-order valence-corrected chi connectivity index (χ0v) is 19.6. The van der Waals surface area contributed by atoms with Gasteiger partial charge in [-0.2, -0.15) is 0 Å². The van der Waals surface area contributed by atoms with Crippen LogP contribution in [0.2, 0.25) is 0 Å². The monoisotopic (exact) mass is 483 g/mol. The number of guanidine groups is 1. The molecule has 1 unspecified atom stereocenters. The maximum atomic E-state index is 11.6. The van der Waals surface area contributed by atoms with Gasteiger partial charge in [-0.05, 0) is 52.6 Å². The van der Waals surface area contributed by atoms with Crippen LogP contribution in [0.5, 0.6) is 0 Å². The maximum Gasteiger partial charge on any atom is 0.407 e. The van der Waals surface area contributed by atoms with Crippen molar-refractivity contribution in [3.8, 4) is 0 Å². The molecule has 154 valence electrons. The van der Waals surface area contributed by atoms with Crippen molar-refractivity contribution in [2.75, 3.05) is 39.8 Å². The Hall–Kier alpha value is -0.770. The van der Waals surface area contributed by atoms with Crippen LogP contribution in [0.15, 0.2) is 4.99 Å². The SMILES string of the molecule is CN=C(NCCNC(=O)OC(C)(C)C)NCC(C(C)C)N1CCCC1.I. The average molecular weight is 483 g/mol. The number of halogens is 1. The predicted octanol–water partition coefficient (Wildman–Crippen LogP) is 2.41. The number of rotatable bonds is 7. The Balaban J connectivity index is 0.00000625. The molecule has 0 bridgehead atoms. The molecule has 0 spiro atoms. The molecule has 1 aliphatic heterocycles. The molecule has 1 rings (SSSR count). The first kappa shape index (κ1) is 25.2. The smallest absolute Gasteiger partial charge is 0.407 e. The highest BCUT2D eigenvalue weighted by molar-refractivity contribution is 14.0. The second kappa shape index (κ2) is 12.6. The number of carbonyl (C=O) groups excluding carboxylic acids is 1. The molecule has 1 amide bonds. The van der Waals surface area contributed by atoms with Gasteiger partial charge in [0.05, 0.1) is 0 Å². The van der Waals surface area contributed by atoms with Crippen LogP contribution < -0.4 is 16.0 Å². The van der Waals surface area contributed by atoms with E-state index in [1.807, 2.05) is 20.8 Å². The highest BCUT2D eigenvalue weighted by Gasteiger charge is 2.24. The molecule has 7 nitrogen and oxygen atoms in total. The number of aliphatic imine (C=N–C) groups is 1. The predicted molar refractivity (Wildman–Crippen MR) is 118 cm³/mol. The third-order valence-corrected chi connectivity index (χ3v) is 4.17. The fourth-order valence-electron chi connectivity index (χ4n) is 2.94. The molecule has 1 aliphatic rings. The summed E-state index contributed by atoms with van der Waals surface area (Å²) < 4.78 is 5.20. The fourth-order valence-corrected chi connectivity index (χ4v) is 2.94. The molecule has 3 N–H and O–H groups in total. The quantitative estimate of drug-likeness (QED) is 0.225. The lowest BCUT2D eigenvalue weighted by Crippen LogP contribution is -2.49. The molecule has 0 aromatic carbocycles. The van der Waals surface area contributed by atoms with E-state index in [1.165, 1.54) is 25.9 Å². The first-order valence-electron chi connectivity index (χ1n) is 9.38. The summed E-state index contributed by atoms with van der Waals surface area (Å²) in [5.41, 5.74) is -0.476. The minimum atomic E-state index is -0.476. The number of ether oxygens (including phenoxy) is 1. The number of alkyl carbamates (subject to hydrolysis) is 1. The summed E-state index contributed by atoms with van der Waals surface area (Å²) in [4.78, 5) is 18.4. The van der Waals surface area contributed by atoms with Gasteiger partial charge in [0.1, 0.15) is 5.60 Å². The van der Waals surface area contributed by atoms with Gasteiger partial charge >= 0.3 is 6.09 Å². The van der Waals surface area contributed by atoms with Gasteiger partial charge in [-0.3, -0.25) is 9.89 Å². The fraction of sp³-hybridized carbons (Fsp3) is 0.889. The van der Waals surface area contributed by atoms with Crippen molar-refractivity contribution in [2.24, 2.45) is 10.9 Å². The second-order valence-electron chi connectivity index (χ2n) is 7.86. The minimum absolute atomic E-state index is 0. The van der Waals surface area contributed by atoms with Crippen LogP contribution in [0, 0.1) is 5.92 Å². The zero-order chi connectivity index (χ0) is 18.9. The Morgan fingerprint density at radius 3 is 2.19 bits per heavy atom. The van der Waals surface area contributed by atoms with Gasteiger partial charge in [0.2, 0.25) is 0 Å². The number of nitrogens with zero attached hydrogens (tertiary/aromatic N) is 2. The normalized spacial score (nSPS) is 16.8. The summed E-state index contributed by atoms with van der Waals surface area (Å²) >= 11 is 0. The van der Waals surface area contributed by atoms with Crippen LogP contribution in [0.4, 0.5) is 4.79 Å². The molecule has 1 fully saturated rings. The Morgan fingerprint density at radius 2 is 1.69 bits per heavy atom. The largest absolute Gasteiger partial charge is 0.444 e. The van der Waals surface area contributed by atoms with E-state index in [0.717, 1.165) is 12.5 Å².